The number of fused-ring (bicyclic) bond motifs is 2. The van der Waals surface area contributed by atoms with Crippen LogP contribution in [0.2, 0.25) is 0 Å². The van der Waals surface area contributed by atoms with Crippen molar-refractivity contribution < 1.29 is 14.3 Å². The Morgan fingerprint density at radius 2 is 2.17 bits per heavy atom. The third-order valence-electron chi connectivity index (χ3n) is 6.53. The number of aryl methyl sites for hydroxylation is 1. The molecule has 4 heterocycles. The van der Waals surface area contributed by atoms with E-state index in [0.717, 1.165) is 23.4 Å². The fourth-order valence-corrected chi connectivity index (χ4v) is 5.16. The molecule has 1 N–H and O–H groups in total. The zero-order valence-electron chi connectivity index (χ0n) is 17.0. The van der Waals surface area contributed by atoms with Gasteiger partial charge in [-0.3, -0.25) is 9.59 Å². The second-order valence-electron chi connectivity index (χ2n) is 8.44. The largest absolute Gasteiger partial charge is 0.360 e. The van der Waals surface area contributed by atoms with Gasteiger partial charge in [-0.15, -0.1) is 0 Å². The number of benzene rings is 1. The third kappa shape index (κ3) is 2.56. The SMILES string of the molecule is CCn1c(CNC(=O)C2C3C=CC4(CN(C(C)C)C(=O)C24)O3)nc2ccccc21. The number of para-hydroxylation sites is 2. The number of amides is 2. The molecule has 3 aliphatic heterocycles. The van der Waals surface area contributed by atoms with Crippen molar-refractivity contribution in [2.24, 2.45) is 11.8 Å². The first-order valence-corrected chi connectivity index (χ1v) is 10.3. The van der Waals surface area contributed by atoms with Crippen LogP contribution in [-0.4, -0.2) is 50.6 Å². The highest BCUT2D eigenvalue weighted by molar-refractivity contribution is 5.93. The normalized spacial score (nSPS) is 30.0. The van der Waals surface area contributed by atoms with E-state index in [4.69, 9.17) is 4.74 Å². The average molecular weight is 394 g/mol. The lowest BCUT2D eigenvalue weighted by Crippen LogP contribution is -2.44. The summed E-state index contributed by atoms with van der Waals surface area (Å²) in [6.07, 6.45) is 3.60. The van der Waals surface area contributed by atoms with Gasteiger partial charge in [0.2, 0.25) is 11.8 Å². The molecule has 4 atom stereocenters. The van der Waals surface area contributed by atoms with Gasteiger partial charge >= 0.3 is 0 Å². The van der Waals surface area contributed by atoms with Crippen molar-refractivity contribution in [1.29, 1.82) is 0 Å². The van der Waals surface area contributed by atoms with Crippen LogP contribution in [0.3, 0.4) is 0 Å². The summed E-state index contributed by atoms with van der Waals surface area (Å²) in [5, 5.41) is 3.03. The summed E-state index contributed by atoms with van der Waals surface area (Å²) in [6.45, 7) is 7.69. The molecule has 3 aliphatic rings. The minimum Gasteiger partial charge on any atom is -0.360 e. The second-order valence-corrected chi connectivity index (χ2v) is 8.44. The number of likely N-dealkylation sites (tertiary alicyclic amines) is 1. The number of aromatic nitrogens is 2. The first kappa shape index (κ1) is 18.4. The number of nitrogens with zero attached hydrogens (tertiary/aromatic N) is 3. The van der Waals surface area contributed by atoms with Crippen molar-refractivity contribution in [3.8, 4) is 0 Å². The predicted molar refractivity (Wildman–Crippen MR) is 108 cm³/mol. The topological polar surface area (TPSA) is 76.5 Å². The van der Waals surface area contributed by atoms with E-state index in [2.05, 4.69) is 21.8 Å². The number of carbonyl (C=O) groups is 2. The molecular formula is C22H26N4O3. The van der Waals surface area contributed by atoms with E-state index < -0.39 is 17.4 Å². The summed E-state index contributed by atoms with van der Waals surface area (Å²) in [6, 6.07) is 8.05. The molecule has 0 saturated carbocycles. The fraction of sp³-hybridized carbons (Fsp3) is 0.500. The zero-order chi connectivity index (χ0) is 20.3. The Morgan fingerprint density at radius 1 is 1.38 bits per heavy atom. The molecule has 7 heteroatoms. The number of rotatable bonds is 5. The number of imidazole rings is 1. The third-order valence-corrected chi connectivity index (χ3v) is 6.53. The Hall–Kier alpha value is -2.67. The highest BCUT2D eigenvalue weighted by atomic mass is 16.5. The maximum Gasteiger partial charge on any atom is 0.230 e. The maximum absolute atomic E-state index is 13.2. The summed E-state index contributed by atoms with van der Waals surface area (Å²) >= 11 is 0. The van der Waals surface area contributed by atoms with Crippen molar-refractivity contribution in [2.75, 3.05) is 6.54 Å². The van der Waals surface area contributed by atoms with Crippen LogP contribution in [0.1, 0.15) is 26.6 Å². The lowest BCUT2D eigenvalue weighted by atomic mass is 9.77. The van der Waals surface area contributed by atoms with Crippen molar-refractivity contribution >= 4 is 22.8 Å². The van der Waals surface area contributed by atoms with Gasteiger partial charge in [0.1, 0.15) is 11.4 Å². The van der Waals surface area contributed by atoms with Crippen LogP contribution in [0.5, 0.6) is 0 Å². The molecule has 2 bridgehead atoms. The predicted octanol–water partition coefficient (Wildman–Crippen LogP) is 1.86. The summed E-state index contributed by atoms with van der Waals surface area (Å²) < 4.78 is 8.26. The number of ether oxygens (including phenoxy) is 1. The Morgan fingerprint density at radius 3 is 2.93 bits per heavy atom. The van der Waals surface area contributed by atoms with Gasteiger partial charge in [-0.1, -0.05) is 24.3 Å². The van der Waals surface area contributed by atoms with E-state index in [9.17, 15) is 9.59 Å². The highest BCUT2D eigenvalue weighted by Crippen LogP contribution is 2.52. The minimum atomic E-state index is -0.648. The highest BCUT2D eigenvalue weighted by Gasteiger charge is 2.67. The molecule has 2 aromatic rings. The van der Waals surface area contributed by atoms with E-state index >= 15 is 0 Å². The molecule has 29 heavy (non-hydrogen) atoms. The lowest BCUT2D eigenvalue weighted by molar-refractivity contribution is -0.138. The van der Waals surface area contributed by atoms with Gasteiger partial charge < -0.3 is 19.5 Å². The van der Waals surface area contributed by atoms with Crippen molar-refractivity contribution in [1.82, 2.24) is 19.8 Å². The van der Waals surface area contributed by atoms with Gasteiger partial charge in [0, 0.05) is 12.6 Å². The fourth-order valence-electron chi connectivity index (χ4n) is 5.16. The monoisotopic (exact) mass is 394 g/mol. The molecule has 1 aromatic heterocycles. The molecule has 0 radical (unpaired) electrons. The molecule has 2 amide bonds. The molecule has 4 unspecified atom stereocenters. The summed E-state index contributed by atoms with van der Waals surface area (Å²) in [5.41, 5.74) is 1.33. The molecule has 1 aromatic carbocycles. The van der Waals surface area contributed by atoms with Crippen LogP contribution in [-0.2, 0) is 27.4 Å². The number of carbonyl (C=O) groups excluding carboxylic acids is 2. The van der Waals surface area contributed by atoms with E-state index in [1.165, 1.54) is 0 Å². The Bertz CT molecular complexity index is 1030. The maximum atomic E-state index is 13.2. The van der Waals surface area contributed by atoms with Gasteiger partial charge in [0.15, 0.2) is 0 Å². The molecule has 2 saturated heterocycles. The van der Waals surface area contributed by atoms with Gasteiger partial charge in [0.25, 0.3) is 0 Å². The van der Waals surface area contributed by atoms with E-state index in [0.29, 0.717) is 13.1 Å². The number of nitrogens with one attached hydrogen (secondary N) is 1. The molecular weight excluding hydrogens is 368 g/mol. The average Bonchev–Trinajstić information content (AvgIpc) is 3.43. The van der Waals surface area contributed by atoms with Crippen molar-refractivity contribution in [3.63, 3.8) is 0 Å². The van der Waals surface area contributed by atoms with E-state index in [-0.39, 0.29) is 24.0 Å². The van der Waals surface area contributed by atoms with E-state index in [1.54, 1.807) is 0 Å². The summed E-state index contributed by atoms with van der Waals surface area (Å²) in [7, 11) is 0. The van der Waals surface area contributed by atoms with Crippen LogP contribution in [0.25, 0.3) is 11.0 Å². The molecule has 1 spiro atoms. The van der Waals surface area contributed by atoms with Crippen LogP contribution >= 0.6 is 0 Å². The summed E-state index contributed by atoms with van der Waals surface area (Å²) in [4.78, 5) is 32.7. The molecule has 5 rings (SSSR count). The van der Waals surface area contributed by atoms with Gasteiger partial charge in [0.05, 0.1) is 42.1 Å². The van der Waals surface area contributed by atoms with Crippen molar-refractivity contribution in [2.45, 2.75) is 51.6 Å². The van der Waals surface area contributed by atoms with Crippen LogP contribution < -0.4 is 5.32 Å². The number of hydrogen-bond donors (Lipinski definition) is 1. The second kappa shape index (κ2) is 6.42. The zero-order valence-corrected chi connectivity index (χ0v) is 17.0. The Labute approximate surface area is 169 Å². The molecule has 2 fully saturated rings. The molecule has 0 aliphatic carbocycles. The first-order chi connectivity index (χ1) is 13.9. The number of hydrogen-bond acceptors (Lipinski definition) is 4. The lowest BCUT2D eigenvalue weighted by Gasteiger charge is -2.24. The van der Waals surface area contributed by atoms with Gasteiger partial charge in [-0.05, 0) is 32.9 Å². The molecule has 152 valence electrons. The first-order valence-electron chi connectivity index (χ1n) is 10.3. The molecule has 7 nitrogen and oxygen atoms in total. The Balaban J connectivity index is 1.37. The van der Waals surface area contributed by atoms with Crippen molar-refractivity contribution in [3.05, 3.63) is 42.2 Å². The summed E-state index contributed by atoms with van der Waals surface area (Å²) in [5.74, 6) is -0.230. The standard InChI is InChI=1S/C22H26N4O3/c1-4-25-15-8-6-5-7-14(15)24-17(25)11-23-20(27)18-16-9-10-22(29-16)12-26(13(2)3)21(28)19(18)22/h5-10,13,16,18-19H,4,11-12H2,1-3H3,(H,23,27). The minimum absolute atomic E-state index is 0.0211. The smallest absolute Gasteiger partial charge is 0.230 e. The Kier molecular flexibility index (Phi) is 4.07. The van der Waals surface area contributed by atoms with Crippen LogP contribution in [0, 0.1) is 11.8 Å². The van der Waals surface area contributed by atoms with E-state index in [1.807, 2.05) is 55.2 Å². The van der Waals surface area contributed by atoms with Crippen LogP contribution in [0.15, 0.2) is 36.4 Å². The van der Waals surface area contributed by atoms with Gasteiger partial charge in [-0.2, -0.15) is 0 Å². The quantitative estimate of drug-likeness (QED) is 0.786. The van der Waals surface area contributed by atoms with Crippen LogP contribution in [0.4, 0.5) is 0 Å². The van der Waals surface area contributed by atoms with Gasteiger partial charge in [-0.25, -0.2) is 4.98 Å².